The Labute approximate surface area is 374 Å². The number of benzene rings is 4. The number of rotatable bonds is 13. The Bertz CT molecular complexity index is 3410. The summed E-state index contributed by atoms with van der Waals surface area (Å²) < 4.78 is 144. The number of aromatic nitrogens is 4. The summed E-state index contributed by atoms with van der Waals surface area (Å²) in [5.74, 6) is -1.65. The summed E-state index contributed by atoms with van der Waals surface area (Å²) in [6.07, 6.45) is -7.21. The number of para-hydroxylation sites is 1. The van der Waals surface area contributed by atoms with Gasteiger partial charge in [-0.3, -0.25) is 15.0 Å². The molecular weight excluding hydrogens is 752 g/mol. The maximum atomic E-state index is 16.2. The first-order valence-electron chi connectivity index (χ1n) is 26.7. The minimum Gasteiger partial charge on any atom is -0.452 e. The quantitative estimate of drug-likeness (QED) is 0.109. The molecule has 5 heterocycles. The van der Waals surface area contributed by atoms with Crippen LogP contribution in [-0.4, -0.2) is 15.0 Å². The Kier molecular flexibility index (Phi) is 7.55. The number of furan rings is 1. The van der Waals surface area contributed by atoms with E-state index in [0.717, 1.165) is 48.6 Å². The first-order valence-corrected chi connectivity index (χ1v) is 20.2. The highest BCUT2D eigenvalue weighted by Gasteiger charge is 2.24. The van der Waals surface area contributed by atoms with E-state index in [-0.39, 0.29) is 33.5 Å². The summed E-state index contributed by atoms with van der Waals surface area (Å²) >= 11 is 0. The van der Waals surface area contributed by atoms with E-state index in [1.54, 1.807) is 30.3 Å². The van der Waals surface area contributed by atoms with Crippen LogP contribution < -0.4 is 4.57 Å². The molecule has 1 aliphatic carbocycles. The van der Waals surface area contributed by atoms with Crippen molar-refractivity contribution in [1.82, 2.24) is 15.0 Å². The van der Waals surface area contributed by atoms with Gasteiger partial charge in [0.1, 0.15) is 8.32 Å². The zero-order valence-electron chi connectivity index (χ0n) is 46.0. The number of hydrogen-bond donors (Lipinski definition) is 0. The first-order chi connectivity index (χ1) is 35.0. The van der Waals surface area contributed by atoms with Crippen molar-refractivity contribution in [3.05, 3.63) is 204 Å². The van der Waals surface area contributed by atoms with E-state index in [2.05, 4.69) is 15.0 Å². The van der Waals surface area contributed by atoms with Crippen molar-refractivity contribution in [3.63, 3.8) is 0 Å². The van der Waals surface area contributed by atoms with Crippen molar-refractivity contribution >= 4 is 21.9 Å². The van der Waals surface area contributed by atoms with Gasteiger partial charge >= 0.3 is 0 Å². The van der Waals surface area contributed by atoms with Gasteiger partial charge in [-0.15, -0.1) is 0 Å². The Balaban J connectivity index is 1.04. The van der Waals surface area contributed by atoms with Gasteiger partial charge in [0.15, 0.2) is 30.3 Å². The molecule has 0 amide bonds. The molecule has 5 nitrogen and oxygen atoms in total. The first kappa shape index (κ1) is 26.4. The van der Waals surface area contributed by atoms with Crippen LogP contribution in [0.4, 0.5) is 4.39 Å². The van der Waals surface area contributed by atoms with E-state index < -0.39 is 61.2 Å². The number of fused-ring (bicyclic) bond motifs is 3. The topological polar surface area (TPSA) is 55.7 Å². The largest absolute Gasteiger partial charge is 0.452 e. The second-order valence-corrected chi connectivity index (χ2v) is 14.9. The lowest BCUT2D eigenvalue weighted by Gasteiger charge is -2.10. The predicted octanol–water partition coefficient (Wildman–Crippen LogP) is 12.7. The molecule has 61 heavy (non-hydrogen) atoms. The number of hydrogen-bond acceptors (Lipinski definition) is 4. The lowest BCUT2D eigenvalue weighted by atomic mass is 9.95. The number of halogens is 1. The summed E-state index contributed by atoms with van der Waals surface area (Å²) in [6.45, 7) is -3.18. The van der Waals surface area contributed by atoms with Gasteiger partial charge in [-0.2, -0.15) is 0 Å². The predicted molar refractivity (Wildman–Crippen MR) is 243 cm³/mol. The van der Waals surface area contributed by atoms with Gasteiger partial charge in [0.2, 0.25) is 0 Å². The Morgan fingerprint density at radius 2 is 1.10 bits per heavy atom. The molecule has 1 saturated carbocycles. The average molecular weight is 813 g/mol. The summed E-state index contributed by atoms with van der Waals surface area (Å²) in [4.78, 5) is 13.3. The van der Waals surface area contributed by atoms with Crippen LogP contribution >= 0.6 is 0 Å². The van der Waals surface area contributed by atoms with Gasteiger partial charge in [0, 0.05) is 78.6 Å². The van der Waals surface area contributed by atoms with Gasteiger partial charge in [-0.05, 0) is 103 Å². The third kappa shape index (κ3) is 8.49. The lowest BCUT2D eigenvalue weighted by molar-refractivity contribution is -0.697. The summed E-state index contributed by atoms with van der Waals surface area (Å²) in [7, 11) is 0. The van der Waals surface area contributed by atoms with Crippen LogP contribution in [-0.2, 0) is 38.4 Å². The number of aryl methyl sites for hydroxylation is 6. The van der Waals surface area contributed by atoms with Crippen molar-refractivity contribution in [2.75, 3.05) is 0 Å². The molecule has 4 aromatic carbocycles. The SMILES string of the molecule is [2H]C1(c2ccc3c(oc4c(-c5ccc(C([2H])([2H])C([2H])([2H])c6cc(C([2H])([2H])C([2H])([2H])c7ccc(-c8ccccc8)nc7)c[n+](C([2H])([2H])C([2H])([2H])c7ccc(-c8ccccc8)nc7)c6)cn5)cccc43)c2F)CCCC1. The molecule has 10 rings (SSSR count). The molecule has 0 saturated heterocycles. The smallest absolute Gasteiger partial charge is 0.172 e. The number of nitrogens with zero attached hydrogens (tertiary/aromatic N) is 4. The molecular formula is C55H48FN4O+. The van der Waals surface area contributed by atoms with Crippen LogP contribution in [0.1, 0.15) is 82.8 Å². The van der Waals surface area contributed by atoms with Crippen molar-refractivity contribution < 1.29 is 31.2 Å². The number of pyridine rings is 4. The molecule has 0 bridgehead atoms. The standard InChI is InChI=1S/C55H48FN4O/c56-53-46(43-10-7-8-11-43)25-26-48-47-16-9-17-49(54(47)61-55(48)53)52-29-24-39(34-59-52)19-21-42-32-41(20-18-38-22-27-50(57-33-38)44-12-3-1-4-13-44)36-60(37-42)31-30-40-23-28-51(58-35-40)45-14-5-2-6-15-45/h1-6,9,12-17,22-29,32-37,43H,7-8,10-11,18-21,30-31H2/q+1/i18D2,19D2,20D2,21D2,30D2,31D2,43D. The third-order valence-corrected chi connectivity index (χ3v) is 10.8. The van der Waals surface area contributed by atoms with E-state index in [9.17, 15) is 16.4 Å². The van der Waals surface area contributed by atoms with Crippen LogP contribution in [0.25, 0.3) is 55.7 Å². The molecule has 5 aromatic heterocycles. The zero-order chi connectivity index (χ0) is 52.6. The fourth-order valence-electron chi connectivity index (χ4n) is 7.70. The Hall–Kier alpha value is -6.79. The third-order valence-electron chi connectivity index (χ3n) is 10.8. The van der Waals surface area contributed by atoms with E-state index >= 15 is 4.39 Å². The van der Waals surface area contributed by atoms with Gasteiger partial charge in [-0.25, -0.2) is 8.96 Å². The maximum absolute atomic E-state index is 16.2. The van der Waals surface area contributed by atoms with Gasteiger partial charge in [-0.1, -0.05) is 110 Å². The fourth-order valence-corrected chi connectivity index (χ4v) is 7.70. The minimum absolute atomic E-state index is 0.00858. The highest BCUT2D eigenvalue weighted by atomic mass is 19.1. The van der Waals surface area contributed by atoms with Crippen LogP contribution in [0.2, 0.25) is 0 Å². The Morgan fingerprint density at radius 1 is 0.557 bits per heavy atom. The monoisotopic (exact) mass is 812 g/mol. The van der Waals surface area contributed by atoms with Crippen molar-refractivity contribution in [1.29, 1.82) is 0 Å². The van der Waals surface area contributed by atoms with Crippen molar-refractivity contribution in [2.24, 2.45) is 0 Å². The highest BCUT2D eigenvalue weighted by Crippen LogP contribution is 2.41. The molecule has 0 spiro atoms. The summed E-state index contributed by atoms with van der Waals surface area (Å²) in [5, 5.41) is 1.10. The van der Waals surface area contributed by atoms with Crippen molar-refractivity contribution in [3.8, 4) is 33.8 Å². The van der Waals surface area contributed by atoms with Crippen LogP contribution in [0.3, 0.4) is 0 Å². The molecule has 0 aliphatic heterocycles. The Morgan fingerprint density at radius 3 is 1.67 bits per heavy atom. The minimum atomic E-state index is -3.18. The lowest BCUT2D eigenvalue weighted by Crippen LogP contribution is -2.35. The molecule has 1 fully saturated rings. The normalized spacial score (nSPS) is 18.1. The zero-order valence-corrected chi connectivity index (χ0v) is 33.0. The van der Waals surface area contributed by atoms with Gasteiger partial charge in [0.25, 0.3) is 0 Å². The van der Waals surface area contributed by atoms with E-state index in [4.69, 9.17) is 5.79 Å². The van der Waals surface area contributed by atoms with Gasteiger partial charge in [0.05, 0.1) is 17.1 Å². The molecule has 9 aromatic rings. The molecule has 0 N–H and O–H groups in total. The van der Waals surface area contributed by atoms with Crippen LogP contribution in [0, 0.1) is 5.82 Å². The van der Waals surface area contributed by atoms with Crippen molar-refractivity contribution in [2.45, 2.75) is 69.9 Å². The maximum Gasteiger partial charge on any atom is 0.172 e. The van der Waals surface area contributed by atoms with E-state index in [0.29, 0.717) is 50.7 Å². The molecule has 0 atom stereocenters. The summed E-state index contributed by atoms with van der Waals surface area (Å²) in [5.41, 5.74) is 1.79. The second kappa shape index (κ2) is 17.4. The molecule has 1 aliphatic rings. The molecule has 0 unspecified atom stereocenters. The molecule has 300 valence electrons. The molecule has 0 radical (unpaired) electrons. The molecule has 6 heteroatoms. The summed E-state index contributed by atoms with van der Waals surface area (Å²) in [6, 6.07) is 36.2. The van der Waals surface area contributed by atoms with Crippen LogP contribution in [0.15, 0.2) is 169 Å². The van der Waals surface area contributed by atoms with E-state index in [1.807, 2.05) is 60.7 Å². The van der Waals surface area contributed by atoms with E-state index in [1.165, 1.54) is 48.8 Å². The highest BCUT2D eigenvalue weighted by molar-refractivity contribution is 6.09. The average Bonchev–Trinajstić information content (AvgIpc) is 4.03. The second-order valence-electron chi connectivity index (χ2n) is 14.9. The fraction of sp³-hybridized carbons (Fsp3) is 0.200. The van der Waals surface area contributed by atoms with Crippen LogP contribution in [0.5, 0.6) is 0 Å². The van der Waals surface area contributed by atoms with Gasteiger partial charge < -0.3 is 4.42 Å².